The van der Waals surface area contributed by atoms with Crippen LogP contribution in [0.15, 0.2) is 17.1 Å². The first-order valence-electron chi connectivity index (χ1n) is 8.59. The highest BCUT2D eigenvalue weighted by Crippen LogP contribution is 2.35. The first-order valence-corrected chi connectivity index (χ1v) is 8.59. The Balaban J connectivity index is 1.85. The summed E-state index contributed by atoms with van der Waals surface area (Å²) in [5, 5.41) is 20.0. The normalized spacial score (nSPS) is 22.8. The summed E-state index contributed by atoms with van der Waals surface area (Å²) in [6, 6.07) is 2.82. The van der Waals surface area contributed by atoms with Crippen LogP contribution in [0.5, 0.6) is 0 Å². The van der Waals surface area contributed by atoms with Crippen LogP contribution in [0.25, 0.3) is 0 Å². The molecule has 1 saturated heterocycles. The second kappa shape index (κ2) is 7.05. The topological polar surface area (TPSA) is 109 Å². The summed E-state index contributed by atoms with van der Waals surface area (Å²) in [4.78, 5) is 37.2. The van der Waals surface area contributed by atoms with Crippen LogP contribution in [0, 0.1) is 27.4 Å². The summed E-state index contributed by atoms with van der Waals surface area (Å²) in [5.41, 5.74) is -1.35. The number of fused-ring (bicyclic) bond motifs is 1. The summed E-state index contributed by atoms with van der Waals surface area (Å²) in [6.07, 6.45) is 7.51. The standard InChI is InChI=1S/C17H20N4O4/c18-9-13-8-14(21(24)25)10-19(17(13)23)11-16(22)20-7-3-5-12-4-1-2-6-15(12)20/h8,10,12,15H,1-7,11H2/t12-,15-/m0/s1. The quantitative estimate of drug-likeness (QED) is 0.613. The molecule has 25 heavy (non-hydrogen) atoms. The molecule has 1 aliphatic heterocycles. The lowest BCUT2D eigenvalue weighted by Gasteiger charge is -2.44. The van der Waals surface area contributed by atoms with Gasteiger partial charge in [0.25, 0.3) is 11.2 Å². The fourth-order valence-corrected chi connectivity index (χ4v) is 4.09. The number of nitrogens with zero attached hydrogens (tertiary/aromatic N) is 4. The highest BCUT2D eigenvalue weighted by atomic mass is 16.6. The third-order valence-corrected chi connectivity index (χ3v) is 5.27. The Morgan fingerprint density at radius 1 is 1.32 bits per heavy atom. The molecule has 2 heterocycles. The van der Waals surface area contributed by atoms with Crippen LogP contribution in [0.3, 0.4) is 0 Å². The Morgan fingerprint density at radius 2 is 2.04 bits per heavy atom. The number of hydrogen-bond acceptors (Lipinski definition) is 5. The Kier molecular flexibility index (Phi) is 4.83. The third kappa shape index (κ3) is 3.40. The van der Waals surface area contributed by atoms with Crippen molar-refractivity contribution < 1.29 is 9.72 Å². The molecule has 1 amide bonds. The SMILES string of the molecule is N#Cc1cc([N+](=O)[O-])cn(CC(=O)N2CCC[C@@H]3CCCC[C@@H]32)c1=O. The van der Waals surface area contributed by atoms with E-state index in [2.05, 4.69) is 0 Å². The molecule has 0 aromatic carbocycles. The number of likely N-dealkylation sites (tertiary alicyclic amines) is 1. The van der Waals surface area contributed by atoms with Gasteiger partial charge in [0.1, 0.15) is 18.2 Å². The predicted octanol–water partition coefficient (Wildman–Crippen LogP) is 1.81. The number of piperidine rings is 1. The van der Waals surface area contributed by atoms with Crippen LogP contribution in [0.4, 0.5) is 5.69 Å². The van der Waals surface area contributed by atoms with Crippen molar-refractivity contribution in [2.45, 2.75) is 51.1 Å². The molecule has 2 fully saturated rings. The van der Waals surface area contributed by atoms with Gasteiger partial charge in [-0.3, -0.25) is 24.3 Å². The van der Waals surface area contributed by atoms with E-state index in [4.69, 9.17) is 5.26 Å². The van der Waals surface area contributed by atoms with Gasteiger partial charge in [-0.2, -0.15) is 5.26 Å². The number of nitro groups is 1. The van der Waals surface area contributed by atoms with E-state index in [0.29, 0.717) is 12.5 Å². The lowest BCUT2D eigenvalue weighted by molar-refractivity contribution is -0.385. The molecule has 1 saturated carbocycles. The predicted molar refractivity (Wildman–Crippen MR) is 88.8 cm³/mol. The number of pyridine rings is 1. The molecule has 2 atom stereocenters. The van der Waals surface area contributed by atoms with E-state index in [9.17, 15) is 19.7 Å². The van der Waals surface area contributed by atoms with E-state index in [0.717, 1.165) is 48.9 Å². The Morgan fingerprint density at radius 3 is 2.76 bits per heavy atom. The smallest absolute Gasteiger partial charge is 0.287 e. The van der Waals surface area contributed by atoms with Gasteiger partial charge in [-0.05, 0) is 31.6 Å². The minimum atomic E-state index is -0.668. The van der Waals surface area contributed by atoms with Gasteiger partial charge >= 0.3 is 0 Å². The van der Waals surface area contributed by atoms with Crippen LogP contribution in [0.2, 0.25) is 0 Å². The van der Waals surface area contributed by atoms with Crippen molar-refractivity contribution in [2.24, 2.45) is 5.92 Å². The van der Waals surface area contributed by atoms with E-state index in [1.807, 2.05) is 4.90 Å². The van der Waals surface area contributed by atoms with Crippen molar-refractivity contribution >= 4 is 11.6 Å². The van der Waals surface area contributed by atoms with Crippen molar-refractivity contribution in [2.75, 3.05) is 6.54 Å². The average Bonchev–Trinajstić information content (AvgIpc) is 2.62. The molecular weight excluding hydrogens is 324 g/mol. The largest absolute Gasteiger partial charge is 0.338 e. The van der Waals surface area contributed by atoms with Gasteiger partial charge in [-0.15, -0.1) is 0 Å². The van der Waals surface area contributed by atoms with Crippen LogP contribution >= 0.6 is 0 Å². The second-order valence-corrected chi connectivity index (χ2v) is 6.76. The summed E-state index contributed by atoms with van der Waals surface area (Å²) in [6.45, 7) is 0.396. The molecule has 132 valence electrons. The number of hydrogen-bond donors (Lipinski definition) is 0. The summed E-state index contributed by atoms with van der Waals surface area (Å²) in [5.74, 6) is 0.311. The van der Waals surface area contributed by atoms with Crippen LogP contribution < -0.4 is 5.56 Å². The van der Waals surface area contributed by atoms with Gasteiger partial charge in [0.15, 0.2) is 0 Å². The molecule has 3 rings (SSSR count). The first kappa shape index (κ1) is 17.1. The highest BCUT2D eigenvalue weighted by molar-refractivity contribution is 5.76. The Bertz CT molecular complexity index is 793. The molecule has 0 unspecified atom stereocenters. The molecule has 8 nitrogen and oxygen atoms in total. The molecule has 8 heteroatoms. The van der Waals surface area contributed by atoms with Crippen molar-refractivity contribution in [1.29, 1.82) is 5.26 Å². The lowest BCUT2D eigenvalue weighted by atomic mass is 9.78. The fourth-order valence-electron chi connectivity index (χ4n) is 4.09. The van der Waals surface area contributed by atoms with Crippen LogP contribution in [0.1, 0.15) is 44.1 Å². The van der Waals surface area contributed by atoms with Crippen molar-refractivity contribution in [3.8, 4) is 6.07 Å². The minimum Gasteiger partial charge on any atom is -0.338 e. The molecular formula is C17H20N4O4. The van der Waals surface area contributed by atoms with Gasteiger partial charge < -0.3 is 4.90 Å². The Labute approximate surface area is 144 Å². The summed E-state index contributed by atoms with van der Waals surface area (Å²) in [7, 11) is 0. The van der Waals surface area contributed by atoms with E-state index in [-0.39, 0.29) is 29.7 Å². The molecule has 1 aliphatic carbocycles. The van der Waals surface area contributed by atoms with Crippen LogP contribution in [-0.4, -0.2) is 32.9 Å². The van der Waals surface area contributed by atoms with Gasteiger partial charge in [-0.25, -0.2) is 0 Å². The summed E-state index contributed by atoms with van der Waals surface area (Å²) < 4.78 is 0.992. The number of carbonyl (C=O) groups excluding carboxylic acids is 1. The maximum atomic E-state index is 12.8. The molecule has 0 radical (unpaired) electrons. The monoisotopic (exact) mass is 344 g/mol. The maximum absolute atomic E-state index is 12.8. The van der Waals surface area contributed by atoms with E-state index < -0.39 is 10.5 Å². The maximum Gasteiger partial charge on any atom is 0.287 e. The van der Waals surface area contributed by atoms with Gasteiger partial charge in [0.2, 0.25) is 5.91 Å². The molecule has 1 aromatic heterocycles. The zero-order valence-electron chi connectivity index (χ0n) is 13.9. The van der Waals surface area contributed by atoms with Gasteiger partial charge in [0, 0.05) is 18.7 Å². The van der Waals surface area contributed by atoms with Gasteiger partial charge in [0.05, 0.1) is 11.1 Å². The molecule has 0 bridgehead atoms. The fraction of sp³-hybridized carbons (Fsp3) is 0.588. The summed E-state index contributed by atoms with van der Waals surface area (Å²) >= 11 is 0. The Hall–Kier alpha value is -2.69. The number of rotatable bonds is 3. The van der Waals surface area contributed by atoms with Crippen molar-refractivity contribution in [3.05, 3.63) is 38.3 Å². The molecule has 2 aliphatic rings. The molecule has 1 aromatic rings. The van der Waals surface area contributed by atoms with Crippen LogP contribution in [-0.2, 0) is 11.3 Å². The number of aromatic nitrogens is 1. The highest BCUT2D eigenvalue weighted by Gasteiger charge is 2.35. The number of amides is 1. The van der Waals surface area contributed by atoms with E-state index >= 15 is 0 Å². The number of carbonyl (C=O) groups is 1. The average molecular weight is 344 g/mol. The molecule has 0 N–H and O–H groups in total. The third-order valence-electron chi connectivity index (χ3n) is 5.27. The minimum absolute atomic E-state index is 0.205. The van der Waals surface area contributed by atoms with Crippen molar-refractivity contribution in [3.63, 3.8) is 0 Å². The van der Waals surface area contributed by atoms with Crippen molar-refractivity contribution in [1.82, 2.24) is 9.47 Å². The van der Waals surface area contributed by atoms with E-state index in [1.54, 1.807) is 6.07 Å². The zero-order valence-corrected chi connectivity index (χ0v) is 13.9. The number of nitriles is 1. The van der Waals surface area contributed by atoms with Gasteiger partial charge in [-0.1, -0.05) is 12.8 Å². The second-order valence-electron chi connectivity index (χ2n) is 6.76. The first-order chi connectivity index (χ1) is 12.0. The molecule has 0 spiro atoms. The lowest BCUT2D eigenvalue weighted by Crippen LogP contribution is -2.51. The zero-order chi connectivity index (χ0) is 18.0. The van der Waals surface area contributed by atoms with E-state index in [1.165, 1.54) is 6.42 Å².